The minimum Gasteiger partial charge on any atom is -0.161 e. The second kappa shape index (κ2) is 24.4. The van der Waals surface area contributed by atoms with Crippen LogP contribution in [0.4, 0.5) is 0 Å². The molecule has 0 aromatic heterocycles. The Morgan fingerprint density at radius 2 is 0.625 bits per heavy atom. The summed E-state index contributed by atoms with van der Waals surface area (Å²) >= 11 is 8.64. The average molecular weight is 411 g/mol. The van der Waals surface area contributed by atoms with E-state index in [0.717, 1.165) is 0 Å². The van der Waals surface area contributed by atoms with Crippen LogP contribution in [-0.2, 0) is 0 Å². The van der Waals surface area contributed by atoms with E-state index in [1.54, 1.807) is 0 Å². The highest BCUT2D eigenvalue weighted by Crippen LogP contribution is 2.14. The van der Waals surface area contributed by atoms with Gasteiger partial charge in [-0.1, -0.05) is 65.2 Å². The summed E-state index contributed by atoms with van der Waals surface area (Å²) in [6.45, 7) is 4.58. The average Bonchev–Trinajstić information content (AvgIpc) is 2.60. The topological polar surface area (TPSA) is 0 Å². The van der Waals surface area contributed by atoms with E-state index >= 15 is 0 Å². The van der Waals surface area contributed by atoms with Gasteiger partial charge in [0.15, 0.2) is 0 Å². The maximum absolute atomic E-state index is 2.29. The Bertz CT molecular complexity index is 190. The van der Waals surface area contributed by atoms with Gasteiger partial charge < -0.3 is 0 Å². The van der Waals surface area contributed by atoms with Crippen LogP contribution in [0.1, 0.15) is 78.1 Å². The van der Waals surface area contributed by atoms with Gasteiger partial charge in [-0.25, -0.2) is 0 Å². The fourth-order valence-electron chi connectivity index (χ4n) is 2.38. The lowest BCUT2D eigenvalue weighted by molar-refractivity contribution is 0.659. The second-order valence-electron chi connectivity index (χ2n) is 6.28. The van der Waals surface area contributed by atoms with Crippen molar-refractivity contribution >= 4 is 47.0 Å². The van der Waals surface area contributed by atoms with Crippen LogP contribution in [0.5, 0.6) is 0 Å². The summed E-state index contributed by atoms with van der Waals surface area (Å²) in [5.74, 6) is 10.9. The molecule has 146 valence electrons. The molecule has 24 heavy (non-hydrogen) atoms. The molecule has 0 nitrogen and oxygen atoms in total. The molecule has 0 aromatic rings. The van der Waals surface area contributed by atoms with E-state index in [4.69, 9.17) is 0 Å². The molecule has 0 atom stereocenters. The second-order valence-corrected chi connectivity index (χ2v) is 11.2. The first-order valence-corrected chi connectivity index (χ1v) is 14.8. The predicted molar refractivity (Wildman–Crippen MR) is 127 cm³/mol. The van der Waals surface area contributed by atoms with Gasteiger partial charge in [0.25, 0.3) is 0 Å². The van der Waals surface area contributed by atoms with Crippen molar-refractivity contribution in [3.05, 3.63) is 0 Å². The lowest BCUT2D eigenvalue weighted by Crippen LogP contribution is -1.93. The third-order valence-corrected chi connectivity index (χ3v) is 8.79. The summed E-state index contributed by atoms with van der Waals surface area (Å²) < 4.78 is 0. The molecule has 0 aromatic carbocycles. The third-order valence-electron chi connectivity index (χ3n) is 3.90. The lowest BCUT2D eigenvalue weighted by atomic mass is 10.2. The Hall–Kier alpha value is 1.40. The summed E-state index contributed by atoms with van der Waals surface area (Å²) in [5, 5.41) is 0. The van der Waals surface area contributed by atoms with Gasteiger partial charge >= 0.3 is 0 Å². The molecule has 0 unspecified atom stereocenters. The highest BCUT2D eigenvalue weighted by atomic mass is 32.2. The first kappa shape index (κ1) is 25.4. The van der Waals surface area contributed by atoms with Crippen molar-refractivity contribution in [2.75, 3.05) is 46.0 Å². The van der Waals surface area contributed by atoms with E-state index in [2.05, 4.69) is 60.9 Å². The minimum absolute atomic E-state index is 1.35. The van der Waals surface area contributed by atoms with E-state index in [1.807, 2.05) is 0 Å². The molecule has 0 spiro atoms. The number of rotatable bonds is 21. The highest BCUT2D eigenvalue weighted by Gasteiger charge is 1.95. The van der Waals surface area contributed by atoms with Crippen LogP contribution < -0.4 is 0 Å². The Labute approximate surface area is 170 Å². The fourth-order valence-corrected chi connectivity index (χ4v) is 6.84. The van der Waals surface area contributed by atoms with Crippen LogP contribution >= 0.6 is 47.0 Å². The van der Waals surface area contributed by atoms with Crippen LogP contribution in [0.15, 0.2) is 0 Å². The molecular weight excluding hydrogens is 368 g/mol. The molecule has 0 aliphatic rings. The van der Waals surface area contributed by atoms with Gasteiger partial charge in [0.2, 0.25) is 0 Å². The molecule has 0 fully saturated rings. The highest BCUT2D eigenvalue weighted by molar-refractivity contribution is 8.05. The number of thioether (sulfide) groups is 4. The molecule has 0 aliphatic heterocycles. The molecule has 0 bridgehead atoms. The SMILES string of the molecule is CCCCCCCSCCSCCSCCSCCCCCCC. The molecule has 0 saturated carbocycles. The monoisotopic (exact) mass is 410 g/mol. The van der Waals surface area contributed by atoms with Gasteiger partial charge in [0, 0.05) is 34.5 Å². The zero-order valence-electron chi connectivity index (χ0n) is 16.4. The summed E-state index contributed by atoms with van der Waals surface area (Å²) in [7, 11) is 0. The zero-order chi connectivity index (χ0) is 17.6. The first-order valence-electron chi connectivity index (χ1n) is 10.2. The van der Waals surface area contributed by atoms with Crippen molar-refractivity contribution in [1.82, 2.24) is 0 Å². The van der Waals surface area contributed by atoms with Crippen LogP contribution in [0.3, 0.4) is 0 Å². The van der Waals surface area contributed by atoms with Crippen molar-refractivity contribution in [2.24, 2.45) is 0 Å². The molecule has 0 heterocycles. The van der Waals surface area contributed by atoms with Crippen LogP contribution in [0.25, 0.3) is 0 Å². The standard InChI is InChI=1S/C20H42S4/c1-3-5-7-9-11-13-21-15-17-23-19-20-24-18-16-22-14-12-10-8-6-4-2/h3-20H2,1-2H3. The maximum Gasteiger partial charge on any atom is 0.00238 e. The molecule has 0 radical (unpaired) electrons. The Balaban J connectivity index is 2.93. The Morgan fingerprint density at radius 1 is 0.333 bits per heavy atom. The fraction of sp³-hybridized carbons (Fsp3) is 1.00. The van der Waals surface area contributed by atoms with Gasteiger partial charge in [0.1, 0.15) is 0 Å². The van der Waals surface area contributed by atoms with Crippen LogP contribution in [-0.4, -0.2) is 46.0 Å². The lowest BCUT2D eigenvalue weighted by Gasteiger charge is -2.04. The molecule has 0 rings (SSSR count). The predicted octanol–water partition coefficient (Wildman–Crippen LogP) is 7.86. The van der Waals surface area contributed by atoms with E-state index in [1.165, 1.54) is 110 Å². The maximum atomic E-state index is 2.29. The van der Waals surface area contributed by atoms with E-state index in [0.29, 0.717) is 0 Å². The van der Waals surface area contributed by atoms with Crippen molar-refractivity contribution in [3.8, 4) is 0 Å². The van der Waals surface area contributed by atoms with Crippen LogP contribution in [0.2, 0.25) is 0 Å². The van der Waals surface area contributed by atoms with E-state index in [9.17, 15) is 0 Å². The smallest absolute Gasteiger partial charge is 0.00238 e. The molecular formula is C20H42S4. The first-order chi connectivity index (χ1) is 11.9. The minimum atomic E-state index is 1.35. The molecule has 0 aliphatic carbocycles. The van der Waals surface area contributed by atoms with E-state index in [-0.39, 0.29) is 0 Å². The molecule has 0 amide bonds. The largest absolute Gasteiger partial charge is 0.161 e. The Morgan fingerprint density at radius 3 is 0.958 bits per heavy atom. The summed E-state index contributed by atoms with van der Waals surface area (Å²) in [4.78, 5) is 0. The van der Waals surface area contributed by atoms with Gasteiger partial charge in [0.05, 0.1) is 0 Å². The van der Waals surface area contributed by atoms with Gasteiger partial charge in [-0.3, -0.25) is 0 Å². The van der Waals surface area contributed by atoms with Crippen LogP contribution in [0, 0.1) is 0 Å². The molecule has 0 N–H and O–H groups in total. The van der Waals surface area contributed by atoms with Crippen molar-refractivity contribution in [1.29, 1.82) is 0 Å². The Kier molecular flexibility index (Phi) is 25.8. The van der Waals surface area contributed by atoms with Crippen molar-refractivity contribution in [3.63, 3.8) is 0 Å². The van der Waals surface area contributed by atoms with Gasteiger partial charge in [-0.05, 0) is 24.3 Å². The zero-order valence-corrected chi connectivity index (χ0v) is 19.6. The van der Waals surface area contributed by atoms with Crippen molar-refractivity contribution < 1.29 is 0 Å². The van der Waals surface area contributed by atoms with Crippen molar-refractivity contribution in [2.45, 2.75) is 78.1 Å². The summed E-state index contributed by atoms with van der Waals surface area (Å²) in [6.07, 6.45) is 14.2. The summed E-state index contributed by atoms with van der Waals surface area (Å²) in [5.41, 5.74) is 0. The number of hydrogen-bond donors (Lipinski definition) is 0. The molecule has 0 saturated heterocycles. The quantitative estimate of drug-likeness (QED) is 0.176. The third kappa shape index (κ3) is 23.4. The van der Waals surface area contributed by atoms with Gasteiger partial charge in [-0.15, -0.1) is 0 Å². The number of hydrogen-bond acceptors (Lipinski definition) is 4. The van der Waals surface area contributed by atoms with E-state index < -0.39 is 0 Å². The molecule has 4 heteroatoms. The normalized spacial score (nSPS) is 11.2. The van der Waals surface area contributed by atoms with Gasteiger partial charge in [-0.2, -0.15) is 47.0 Å². The number of unbranched alkanes of at least 4 members (excludes halogenated alkanes) is 8. The summed E-state index contributed by atoms with van der Waals surface area (Å²) in [6, 6.07) is 0.